The molecule has 0 aromatic carbocycles. The number of hydrogen-bond donors (Lipinski definition) is 1. The summed E-state index contributed by atoms with van der Waals surface area (Å²) in [6.07, 6.45) is 1.50. The lowest BCUT2D eigenvalue weighted by atomic mass is 10.2. The number of pyridine rings is 1. The second kappa shape index (κ2) is 5.79. The van der Waals surface area contributed by atoms with Crippen molar-refractivity contribution in [3.05, 3.63) is 23.4 Å². The molecule has 0 fully saturated rings. The number of anilines is 1. The molecule has 0 amide bonds. The van der Waals surface area contributed by atoms with E-state index in [0.29, 0.717) is 16.9 Å². The average Bonchev–Trinajstić information content (AvgIpc) is 2.26. The molecule has 1 aromatic heterocycles. The van der Waals surface area contributed by atoms with E-state index in [9.17, 15) is 4.79 Å². The molecule has 0 aliphatic heterocycles. The second-order valence-electron chi connectivity index (χ2n) is 2.85. The predicted octanol–water partition coefficient (Wildman–Crippen LogP) is 1.17. The fraction of sp³-hybridized carbons (Fsp3) is 0.182. The van der Waals surface area contributed by atoms with Gasteiger partial charge in [-0.2, -0.15) is 5.26 Å². The molecule has 0 aliphatic carbocycles. The third-order valence-electron chi connectivity index (χ3n) is 1.62. The van der Waals surface area contributed by atoms with Gasteiger partial charge in [0.25, 0.3) is 0 Å². The van der Waals surface area contributed by atoms with Crippen LogP contribution in [-0.4, -0.2) is 15.9 Å². The van der Waals surface area contributed by atoms with Crippen molar-refractivity contribution < 1.29 is 4.79 Å². The van der Waals surface area contributed by atoms with Crippen LogP contribution in [-0.2, 0) is 4.79 Å². The lowest BCUT2D eigenvalue weighted by Crippen LogP contribution is -1.94. The number of nitrogens with two attached hydrogens (primary N) is 1. The van der Waals surface area contributed by atoms with Gasteiger partial charge in [-0.25, -0.2) is 4.98 Å². The van der Waals surface area contributed by atoms with Crippen molar-refractivity contribution in [2.24, 2.45) is 0 Å². The predicted molar refractivity (Wildman–Crippen MR) is 63.4 cm³/mol. The van der Waals surface area contributed by atoms with Crippen LogP contribution in [0.4, 0.5) is 5.82 Å². The number of thioether (sulfide) groups is 1. The summed E-state index contributed by atoms with van der Waals surface area (Å²) in [5.74, 6) is 6.25. The number of rotatable bonds is 1. The van der Waals surface area contributed by atoms with Crippen LogP contribution in [0.1, 0.15) is 18.1 Å². The van der Waals surface area contributed by atoms with Crippen LogP contribution >= 0.6 is 11.8 Å². The molecule has 4 nitrogen and oxygen atoms in total. The first-order valence-corrected chi connectivity index (χ1v) is 5.40. The highest BCUT2D eigenvalue weighted by atomic mass is 32.2. The molecule has 1 rings (SSSR count). The van der Waals surface area contributed by atoms with E-state index in [-0.39, 0.29) is 10.9 Å². The lowest BCUT2D eigenvalue weighted by molar-refractivity contribution is -0.109. The Morgan fingerprint density at radius 2 is 2.44 bits per heavy atom. The molecule has 16 heavy (non-hydrogen) atoms. The van der Waals surface area contributed by atoms with Crippen molar-refractivity contribution >= 4 is 22.7 Å². The molecule has 0 aliphatic rings. The third-order valence-corrected chi connectivity index (χ3v) is 2.31. The summed E-state index contributed by atoms with van der Waals surface area (Å²) in [6.45, 7) is 1.49. The standard InChI is InChI=1S/C11H9N3OS/c1-8(15)16-4-2-3-9-5-10(6-12)11(13)14-7-9/h5,7H,4H2,1H3,(H2,13,14). The van der Waals surface area contributed by atoms with E-state index in [0.717, 1.165) is 11.8 Å². The maximum absolute atomic E-state index is 10.6. The minimum Gasteiger partial charge on any atom is -0.383 e. The summed E-state index contributed by atoms with van der Waals surface area (Å²) in [6, 6.07) is 3.51. The van der Waals surface area contributed by atoms with E-state index < -0.39 is 0 Å². The Balaban J connectivity index is 2.75. The van der Waals surface area contributed by atoms with Crippen LogP contribution in [0, 0.1) is 23.2 Å². The van der Waals surface area contributed by atoms with Gasteiger partial charge in [-0.15, -0.1) is 0 Å². The Kier molecular flexibility index (Phi) is 4.38. The monoisotopic (exact) mass is 231 g/mol. The van der Waals surface area contributed by atoms with Crippen molar-refractivity contribution in [2.45, 2.75) is 6.92 Å². The normalized spacial score (nSPS) is 8.75. The topological polar surface area (TPSA) is 79.8 Å². The van der Waals surface area contributed by atoms with E-state index in [2.05, 4.69) is 16.8 Å². The molecular formula is C11H9N3OS. The zero-order valence-corrected chi connectivity index (χ0v) is 9.47. The van der Waals surface area contributed by atoms with E-state index >= 15 is 0 Å². The Bertz CT molecular complexity index is 508. The van der Waals surface area contributed by atoms with Gasteiger partial charge in [-0.1, -0.05) is 23.6 Å². The van der Waals surface area contributed by atoms with Crippen LogP contribution < -0.4 is 5.73 Å². The molecule has 0 unspecified atom stereocenters. The quantitative estimate of drug-likeness (QED) is 0.734. The molecule has 0 radical (unpaired) electrons. The van der Waals surface area contributed by atoms with Crippen LogP contribution in [0.25, 0.3) is 0 Å². The number of carbonyl (C=O) groups is 1. The lowest BCUT2D eigenvalue weighted by Gasteiger charge is -1.95. The number of nitriles is 1. The Labute approximate surface area is 97.9 Å². The second-order valence-corrected chi connectivity index (χ2v) is 4.00. The van der Waals surface area contributed by atoms with E-state index in [1.165, 1.54) is 13.1 Å². The fourth-order valence-electron chi connectivity index (χ4n) is 0.909. The van der Waals surface area contributed by atoms with Gasteiger partial charge < -0.3 is 5.73 Å². The van der Waals surface area contributed by atoms with Crippen LogP contribution in [0.2, 0.25) is 0 Å². The molecule has 0 saturated heterocycles. The summed E-state index contributed by atoms with van der Waals surface area (Å²) >= 11 is 1.14. The number of carbonyl (C=O) groups excluding carboxylic acids is 1. The third kappa shape index (κ3) is 3.64. The number of nitrogen functional groups attached to an aromatic ring is 1. The van der Waals surface area contributed by atoms with Gasteiger partial charge in [0.15, 0.2) is 5.12 Å². The Hall–Kier alpha value is -1.98. The van der Waals surface area contributed by atoms with Crippen molar-refractivity contribution in [3.63, 3.8) is 0 Å². The summed E-state index contributed by atoms with van der Waals surface area (Å²) in [5.41, 5.74) is 6.40. The minimum atomic E-state index is 0.0300. The Morgan fingerprint density at radius 1 is 1.69 bits per heavy atom. The SMILES string of the molecule is CC(=O)SCC#Cc1cnc(N)c(C#N)c1. The maximum atomic E-state index is 10.6. The molecule has 1 aromatic rings. The van der Waals surface area contributed by atoms with E-state index in [4.69, 9.17) is 11.0 Å². The van der Waals surface area contributed by atoms with Gasteiger partial charge in [0, 0.05) is 18.7 Å². The van der Waals surface area contributed by atoms with Gasteiger partial charge in [0.2, 0.25) is 0 Å². The molecule has 2 N–H and O–H groups in total. The van der Waals surface area contributed by atoms with Gasteiger partial charge in [-0.3, -0.25) is 4.79 Å². The largest absolute Gasteiger partial charge is 0.383 e. The van der Waals surface area contributed by atoms with Gasteiger partial charge in [-0.05, 0) is 6.07 Å². The molecule has 0 spiro atoms. The van der Waals surface area contributed by atoms with Gasteiger partial charge in [0.05, 0.1) is 11.3 Å². The first-order chi connectivity index (χ1) is 7.63. The zero-order chi connectivity index (χ0) is 12.0. The summed E-state index contributed by atoms with van der Waals surface area (Å²) in [7, 11) is 0. The van der Waals surface area contributed by atoms with E-state index in [1.54, 1.807) is 6.07 Å². The summed E-state index contributed by atoms with van der Waals surface area (Å²) in [4.78, 5) is 14.5. The van der Waals surface area contributed by atoms with Gasteiger partial charge >= 0.3 is 0 Å². The number of aromatic nitrogens is 1. The van der Waals surface area contributed by atoms with Gasteiger partial charge in [0.1, 0.15) is 11.9 Å². The first-order valence-electron chi connectivity index (χ1n) is 4.41. The number of nitrogens with zero attached hydrogens (tertiary/aromatic N) is 2. The van der Waals surface area contributed by atoms with Crippen LogP contribution in [0.5, 0.6) is 0 Å². The molecule has 0 atom stereocenters. The Morgan fingerprint density at radius 3 is 3.06 bits per heavy atom. The van der Waals surface area contributed by atoms with Crippen molar-refractivity contribution in [2.75, 3.05) is 11.5 Å². The smallest absolute Gasteiger partial charge is 0.186 e. The van der Waals surface area contributed by atoms with E-state index in [1.807, 2.05) is 6.07 Å². The summed E-state index contributed by atoms with van der Waals surface area (Å²) in [5, 5.41) is 8.75. The molecule has 5 heteroatoms. The van der Waals surface area contributed by atoms with Crippen LogP contribution in [0.15, 0.2) is 12.3 Å². The molecule has 0 saturated carbocycles. The highest BCUT2D eigenvalue weighted by Gasteiger charge is 1.99. The zero-order valence-electron chi connectivity index (χ0n) is 8.65. The van der Waals surface area contributed by atoms with Crippen LogP contribution in [0.3, 0.4) is 0 Å². The van der Waals surface area contributed by atoms with Crippen molar-refractivity contribution in [1.82, 2.24) is 4.98 Å². The highest BCUT2D eigenvalue weighted by Crippen LogP contribution is 2.08. The maximum Gasteiger partial charge on any atom is 0.186 e. The molecule has 1 heterocycles. The fourth-order valence-corrected chi connectivity index (χ4v) is 1.26. The molecule has 0 bridgehead atoms. The number of hydrogen-bond acceptors (Lipinski definition) is 5. The molecule has 80 valence electrons. The highest BCUT2D eigenvalue weighted by molar-refractivity contribution is 8.13. The van der Waals surface area contributed by atoms with Crippen molar-refractivity contribution in [1.29, 1.82) is 5.26 Å². The minimum absolute atomic E-state index is 0.0300. The molecular weight excluding hydrogens is 222 g/mol. The average molecular weight is 231 g/mol. The van der Waals surface area contributed by atoms with Crippen molar-refractivity contribution in [3.8, 4) is 17.9 Å². The first kappa shape index (κ1) is 12.1. The summed E-state index contributed by atoms with van der Waals surface area (Å²) < 4.78 is 0.